The maximum atomic E-state index is 12.5. The van der Waals surface area contributed by atoms with Gasteiger partial charge in [-0.05, 0) is 84.0 Å². The lowest BCUT2D eigenvalue weighted by Gasteiger charge is -2.09. The van der Waals surface area contributed by atoms with Gasteiger partial charge in [-0.3, -0.25) is 4.79 Å². The summed E-state index contributed by atoms with van der Waals surface area (Å²) in [5.41, 5.74) is 4.97. The highest BCUT2D eigenvalue weighted by molar-refractivity contribution is 9.10. The van der Waals surface area contributed by atoms with Gasteiger partial charge in [0.05, 0.1) is 17.7 Å². The van der Waals surface area contributed by atoms with E-state index in [1.165, 1.54) is 11.8 Å². The molecule has 1 N–H and O–H groups in total. The number of halogens is 1. The van der Waals surface area contributed by atoms with Gasteiger partial charge in [0.1, 0.15) is 5.75 Å². The van der Waals surface area contributed by atoms with Gasteiger partial charge >= 0.3 is 0 Å². The molecular formula is C23H20BrN3O2S. The zero-order chi connectivity index (χ0) is 21.3. The van der Waals surface area contributed by atoms with Crippen LogP contribution in [-0.2, 0) is 4.79 Å². The Bertz CT molecular complexity index is 1170. The van der Waals surface area contributed by atoms with E-state index in [1.807, 2.05) is 48.5 Å². The summed E-state index contributed by atoms with van der Waals surface area (Å²) in [5, 5.41) is 3.41. The summed E-state index contributed by atoms with van der Waals surface area (Å²) >= 11 is 5.05. The zero-order valence-corrected chi connectivity index (χ0v) is 19.2. The van der Waals surface area contributed by atoms with Crippen LogP contribution in [0.4, 0.5) is 5.69 Å². The molecule has 30 heavy (non-hydrogen) atoms. The van der Waals surface area contributed by atoms with Crippen molar-refractivity contribution in [1.29, 1.82) is 0 Å². The fourth-order valence-electron chi connectivity index (χ4n) is 3.34. The van der Waals surface area contributed by atoms with Gasteiger partial charge in [-0.25, -0.2) is 4.99 Å². The number of methoxy groups -OCH3 is 1. The summed E-state index contributed by atoms with van der Waals surface area (Å²) in [6, 6.07) is 17.6. The number of hydrogen-bond acceptors (Lipinski definition) is 4. The lowest BCUT2D eigenvalue weighted by molar-refractivity contribution is -0.115. The van der Waals surface area contributed by atoms with E-state index in [4.69, 9.17) is 4.74 Å². The number of nitrogens with zero attached hydrogens (tertiary/aromatic N) is 2. The molecule has 2 heterocycles. The van der Waals surface area contributed by atoms with Gasteiger partial charge < -0.3 is 14.6 Å². The number of rotatable bonds is 4. The van der Waals surface area contributed by atoms with Crippen LogP contribution < -0.4 is 10.1 Å². The predicted octanol–water partition coefficient (Wildman–Crippen LogP) is 5.76. The van der Waals surface area contributed by atoms with Crippen LogP contribution in [0.3, 0.4) is 0 Å². The van der Waals surface area contributed by atoms with Crippen LogP contribution in [0.5, 0.6) is 5.75 Å². The van der Waals surface area contributed by atoms with Crippen molar-refractivity contribution in [1.82, 2.24) is 9.88 Å². The van der Waals surface area contributed by atoms with Crippen molar-refractivity contribution in [2.45, 2.75) is 13.8 Å². The molecule has 0 bridgehead atoms. The number of aliphatic imine (C=N–C) groups is 1. The lowest BCUT2D eigenvalue weighted by atomic mass is 10.2. The minimum atomic E-state index is -0.149. The van der Waals surface area contributed by atoms with E-state index >= 15 is 0 Å². The van der Waals surface area contributed by atoms with Crippen LogP contribution in [0, 0.1) is 13.8 Å². The van der Waals surface area contributed by atoms with Crippen molar-refractivity contribution < 1.29 is 9.53 Å². The molecule has 0 saturated carbocycles. The number of amides is 1. The van der Waals surface area contributed by atoms with E-state index in [0.717, 1.165) is 38.5 Å². The number of ether oxygens (including phenoxy) is 1. The van der Waals surface area contributed by atoms with Crippen LogP contribution >= 0.6 is 27.7 Å². The third-order valence-electron chi connectivity index (χ3n) is 4.86. The summed E-state index contributed by atoms with van der Waals surface area (Å²) < 4.78 is 8.32. The maximum Gasteiger partial charge on any atom is 0.264 e. The second-order valence-corrected chi connectivity index (χ2v) is 8.57. The van der Waals surface area contributed by atoms with Crippen molar-refractivity contribution in [2.24, 2.45) is 4.99 Å². The predicted molar refractivity (Wildman–Crippen MR) is 127 cm³/mol. The van der Waals surface area contributed by atoms with E-state index in [-0.39, 0.29) is 5.91 Å². The number of nitrogens with one attached hydrogen (secondary N) is 1. The fourth-order valence-corrected chi connectivity index (χ4v) is 4.74. The number of aromatic nitrogens is 1. The molecule has 1 aliphatic heterocycles. The van der Waals surface area contributed by atoms with E-state index in [9.17, 15) is 4.79 Å². The standard InChI is InChI=1S/C23H20BrN3O2S/c1-14-19(21(24)15(2)27(14)17-7-5-4-6-8-17)13-20-22(28)26-23(30-20)25-16-9-11-18(29-3)12-10-16/h4-13H,1-3H3,(H,25,26,28)/b20-13-. The van der Waals surface area contributed by atoms with Crippen molar-refractivity contribution in [3.63, 3.8) is 0 Å². The number of thioether (sulfide) groups is 1. The van der Waals surface area contributed by atoms with E-state index in [2.05, 4.69) is 56.8 Å². The highest BCUT2D eigenvalue weighted by Crippen LogP contribution is 2.35. The summed E-state index contributed by atoms with van der Waals surface area (Å²) in [4.78, 5) is 17.7. The lowest BCUT2D eigenvalue weighted by Crippen LogP contribution is -2.19. The van der Waals surface area contributed by atoms with Gasteiger partial charge in [-0.1, -0.05) is 18.2 Å². The molecule has 1 aliphatic rings. The van der Waals surface area contributed by atoms with Gasteiger partial charge in [0.15, 0.2) is 5.17 Å². The largest absolute Gasteiger partial charge is 0.497 e. The SMILES string of the molecule is COc1ccc(N=C2NC(=O)/C(=C/c3c(Br)c(C)n(-c4ccccc4)c3C)S2)cc1. The van der Waals surface area contributed by atoms with Gasteiger partial charge in [0.2, 0.25) is 0 Å². The van der Waals surface area contributed by atoms with Gasteiger partial charge in [0, 0.05) is 27.1 Å². The average molecular weight is 482 g/mol. The molecule has 1 saturated heterocycles. The smallest absolute Gasteiger partial charge is 0.264 e. The fraction of sp³-hybridized carbons (Fsp3) is 0.130. The quantitative estimate of drug-likeness (QED) is 0.482. The topological polar surface area (TPSA) is 55.6 Å². The number of para-hydroxylation sites is 1. The van der Waals surface area contributed by atoms with Gasteiger partial charge in [0.25, 0.3) is 5.91 Å². The molecule has 0 radical (unpaired) electrons. The van der Waals surface area contributed by atoms with Crippen molar-refractivity contribution in [3.8, 4) is 11.4 Å². The number of benzene rings is 2. The zero-order valence-electron chi connectivity index (χ0n) is 16.8. The Kier molecular flexibility index (Phi) is 5.83. The van der Waals surface area contributed by atoms with Crippen LogP contribution in [0.2, 0.25) is 0 Å². The molecule has 2 aromatic carbocycles. The van der Waals surface area contributed by atoms with Crippen molar-refractivity contribution >= 4 is 50.5 Å². The first-order valence-electron chi connectivity index (χ1n) is 9.34. The molecule has 5 nitrogen and oxygen atoms in total. The molecule has 1 aromatic heterocycles. The first-order valence-corrected chi connectivity index (χ1v) is 11.0. The second-order valence-electron chi connectivity index (χ2n) is 6.75. The van der Waals surface area contributed by atoms with Crippen LogP contribution in [0.15, 0.2) is 69.0 Å². The van der Waals surface area contributed by atoms with Crippen molar-refractivity contribution in [2.75, 3.05) is 7.11 Å². The number of carbonyl (C=O) groups is 1. The van der Waals surface area contributed by atoms with E-state index < -0.39 is 0 Å². The van der Waals surface area contributed by atoms with Crippen molar-refractivity contribution in [3.05, 3.63) is 80.9 Å². The normalized spacial score (nSPS) is 16.3. The second kappa shape index (κ2) is 8.53. The molecule has 1 amide bonds. The third kappa shape index (κ3) is 3.95. The molecule has 0 spiro atoms. The van der Waals surface area contributed by atoms with Crippen LogP contribution in [0.1, 0.15) is 17.0 Å². The molecule has 7 heteroatoms. The Labute approximate surface area is 188 Å². The van der Waals surface area contributed by atoms with Crippen LogP contribution in [0.25, 0.3) is 11.8 Å². The Morgan fingerprint density at radius 3 is 2.43 bits per heavy atom. The van der Waals surface area contributed by atoms with Gasteiger partial charge in [-0.2, -0.15) is 0 Å². The Morgan fingerprint density at radius 1 is 1.07 bits per heavy atom. The molecule has 1 fully saturated rings. The summed E-state index contributed by atoms with van der Waals surface area (Å²) in [6.07, 6.45) is 1.92. The minimum absolute atomic E-state index is 0.149. The Balaban J connectivity index is 1.65. The molecule has 0 atom stereocenters. The van der Waals surface area contributed by atoms with E-state index in [0.29, 0.717) is 10.1 Å². The minimum Gasteiger partial charge on any atom is -0.497 e. The number of carbonyl (C=O) groups excluding carboxylic acids is 1. The summed E-state index contributed by atoms with van der Waals surface area (Å²) in [5.74, 6) is 0.616. The molecule has 3 aromatic rings. The van der Waals surface area contributed by atoms with Crippen LogP contribution in [-0.4, -0.2) is 22.8 Å². The molecular weight excluding hydrogens is 462 g/mol. The number of amidine groups is 1. The maximum absolute atomic E-state index is 12.5. The number of hydrogen-bond donors (Lipinski definition) is 1. The molecule has 0 unspecified atom stereocenters. The average Bonchev–Trinajstić information content (AvgIpc) is 3.20. The Morgan fingerprint density at radius 2 is 1.77 bits per heavy atom. The first kappa shape index (κ1) is 20.5. The Hall–Kier alpha value is -2.77. The summed E-state index contributed by atoms with van der Waals surface area (Å²) in [7, 11) is 1.62. The monoisotopic (exact) mass is 481 g/mol. The highest BCUT2D eigenvalue weighted by atomic mass is 79.9. The summed E-state index contributed by atoms with van der Waals surface area (Å²) in [6.45, 7) is 4.12. The molecule has 152 valence electrons. The first-order chi connectivity index (χ1) is 14.5. The molecule has 4 rings (SSSR count). The third-order valence-corrected chi connectivity index (χ3v) is 6.77. The highest BCUT2D eigenvalue weighted by Gasteiger charge is 2.25. The molecule has 0 aliphatic carbocycles. The van der Waals surface area contributed by atoms with E-state index in [1.54, 1.807) is 7.11 Å². The van der Waals surface area contributed by atoms with Gasteiger partial charge in [-0.15, -0.1) is 0 Å².